The summed E-state index contributed by atoms with van der Waals surface area (Å²) in [5, 5.41) is 0. The molecule has 0 aromatic heterocycles. The van der Waals surface area contributed by atoms with Gasteiger partial charge in [-0.3, -0.25) is 0 Å². The molecular formula is C11H21NO2. The minimum absolute atomic E-state index is 0.0382. The average molecular weight is 199 g/mol. The average Bonchev–Trinajstić information content (AvgIpc) is 2.01. The Morgan fingerprint density at radius 1 is 1.43 bits per heavy atom. The molecule has 2 N–H and O–H groups in total. The summed E-state index contributed by atoms with van der Waals surface area (Å²) in [6.07, 6.45) is 2.76. The number of primary amides is 1. The van der Waals surface area contributed by atoms with E-state index < -0.39 is 6.09 Å². The lowest BCUT2D eigenvalue weighted by atomic mass is 9.75. The van der Waals surface area contributed by atoms with E-state index in [2.05, 4.69) is 20.8 Å². The number of nitrogens with two attached hydrogens (primary N) is 1. The smallest absolute Gasteiger partial charge is 0.404 e. The number of amides is 1. The van der Waals surface area contributed by atoms with Crippen LogP contribution >= 0.6 is 0 Å². The van der Waals surface area contributed by atoms with Gasteiger partial charge in [0.2, 0.25) is 0 Å². The molecule has 0 aromatic carbocycles. The quantitative estimate of drug-likeness (QED) is 0.743. The highest BCUT2D eigenvalue weighted by molar-refractivity contribution is 5.64. The van der Waals surface area contributed by atoms with Gasteiger partial charge in [-0.15, -0.1) is 0 Å². The Kier molecular flexibility index (Phi) is 3.78. The van der Waals surface area contributed by atoms with Crippen molar-refractivity contribution >= 4 is 6.09 Å². The van der Waals surface area contributed by atoms with E-state index in [4.69, 9.17) is 10.5 Å². The first-order chi connectivity index (χ1) is 6.50. The first-order valence-corrected chi connectivity index (χ1v) is 5.46. The van der Waals surface area contributed by atoms with Crippen LogP contribution in [0.1, 0.15) is 40.0 Å². The molecule has 1 rings (SSSR count). The first-order valence-electron chi connectivity index (χ1n) is 5.46. The van der Waals surface area contributed by atoms with Gasteiger partial charge in [-0.05, 0) is 30.6 Å². The second kappa shape index (κ2) is 4.67. The van der Waals surface area contributed by atoms with Crippen molar-refractivity contribution in [2.24, 2.45) is 23.5 Å². The van der Waals surface area contributed by atoms with Crippen LogP contribution < -0.4 is 5.73 Å². The van der Waals surface area contributed by atoms with Crippen molar-refractivity contribution in [2.45, 2.75) is 46.1 Å². The maximum Gasteiger partial charge on any atom is 0.404 e. The third-order valence-corrected chi connectivity index (χ3v) is 3.23. The summed E-state index contributed by atoms with van der Waals surface area (Å²) >= 11 is 0. The number of rotatable bonds is 2. The molecule has 1 aliphatic rings. The Balaban J connectivity index is 2.58. The predicted octanol–water partition coefficient (Wildman–Crippen LogP) is 2.54. The van der Waals surface area contributed by atoms with Crippen molar-refractivity contribution in [3.05, 3.63) is 0 Å². The maximum atomic E-state index is 10.7. The van der Waals surface area contributed by atoms with Gasteiger partial charge in [0, 0.05) is 0 Å². The van der Waals surface area contributed by atoms with E-state index in [1.54, 1.807) is 0 Å². The maximum absolute atomic E-state index is 10.7. The summed E-state index contributed by atoms with van der Waals surface area (Å²) in [6.45, 7) is 6.56. The highest BCUT2D eigenvalue weighted by Gasteiger charge is 2.32. The van der Waals surface area contributed by atoms with E-state index in [0.717, 1.165) is 12.8 Å². The molecule has 14 heavy (non-hydrogen) atoms. The standard InChI is InChI=1S/C11H21NO2/c1-7(2)9-5-4-8(3)6-10(9)14-11(12)13/h7-10H,4-6H2,1-3H3,(H2,12,13)/t8-,9-,10-/m1/s1. The second-order valence-corrected chi connectivity index (χ2v) is 4.80. The Morgan fingerprint density at radius 2 is 2.07 bits per heavy atom. The molecule has 3 atom stereocenters. The lowest BCUT2D eigenvalue weighted by Gasteiger charge is -2.36. The lowest BCUT2D eigenvalue weighted by Crippen LogP contribution is -2.37. The molecule has 3 heteroatoms. The summed E-state index contributed by atoms with van der Waals surface area (Å²) in [5.41, 5.74) is 5.07. The molecule has 1 amide bonds. The van der Waals surface area contributed by atoms with Gasteiger partial charge in [0.1, 0.15) is 6.10 Å². The van der Waals surface area contributed by atoms with E-state index >= 15 is 0 Å². The topological polar surface area (TPSA) is 52.3 Å². The van der Waals surface area contributed by atoms with Crippen LogP contribution in [0.25, 0.3) is 0 Å². The fourth-order valence-electron chi connectivity index (χ4n) is 2.40. The SMILES string of the molecule is CC(C)[C@H]1CC[C@@H](C)C[C@H]1OC(N)=O. The van der Waals surface area contributed by atoms with Crippen LogP contribution in [0, 0.1) is 17.8 Å². The van der Waals surface area contributed by atoms with Crippen molar-refractivity contribution in [3.8, 4) is 0 Å². The van der Waals surface area contributed by atoms with Crippen molar-refractivity contribution in [3.63, 3.8) is 0 Å². The third kappa shape index (κ3) is 2.89. The lowest BCUT2D eigenvalue weighted by molar-refractivity contribution is 0.0105. The van der Waals surface area contributed by atoms with Crippen LogP contribution in [-0.4, -0.2) is 12.2 Å². The summed E-state index contributed by atoms with van der Waals surface area (Å²) in [6, 6.07) is 0. The Bertz CT molecular complexity index is 203. The third-order valence-electron chi connectivity index (χ3n) is 3.23. The largest absolute Gasteiger partial charge is 0.446 e. The second-order valence-electron chi connectivity index (χ2n) is 4.80. The summed E-state index contributed by atoms with van der Waals surface area (Å²) < 4.78 is 5.17. The van der Waals surface area contributed by atoms with Crippen LogP contribution in [0.3, 0.4) is 0 Å². The van der Waals surface area contributed by atoms with Gasteiger partial charge in [0.15, 0.2) is 0 Å². The van der Waals surface area contributed by atoms with E-state index in [1.165, 1.54) is 6.42 Å². The molecular weight excluding hydrogens is 178 g/mol. The number of hydrogen-bond donors (Lipinski definition) is 1. The zero-order valence-electron chi connectivity index (χ0n) is 9.32. The van der Waals surface area contributed by atoms with E-state index in [1.807, 2.05) is 0 Å². The van der Waals surface area contributed by atoms with E-state index in [9.17, 15) is 4.79 Å². The van der Waals surface area contributed by atoms with E-state index in [-0.39, 0.29) is 6.10 Å². The van der Waals surface area contributed by atoms with Crippen LogP contribution in [0.4, 0.5) is 4.79 Å². The van der Waals surface area contributed by atoms with Crippen molar-refractivity contribution < 1.29 is 9.53 Å². The van der Waals surface area contributed by atoms with Gasteiger partial charge in [-0.1, -0.05) is 27.2 Å². The highest BCUT2D eigenvalue weighted by Crippen LogP contribution is 2.35. The number of hydrogen-bond acceptors (Lipinski definition) is 2. The molecule has 1 saturated carbocycles. The molecule has 3 nitrogen and oxygen atoms in total. The van der Waals surface area contributed by atoms with Gasteiger partial charge >= 0.3 is 6.09 Å². The van der Waals surface area contributed by atoms with Crippen molar-refractivity contribution in [2.75, 3.05) is 0 Å². The zero-order valence-corrected chi connectivity index (χ0v) is 9.32. The molecule has 1 aliphatic carbocycles. The van der Waals surface area contributed by atoms with E-state index in [0.29, 0.717) is 17.8 Å². The molecule has 0 aliphatic heterocycles. The fraction of sp³-hybridized carbons (Fsp3) is 0.909. The molecule has 1 fully saturated rings. The van der Waals surface area contributed by atoms with Crippen LogP contribution in [0.5, 0.6) is 0 Å². The van der Waals surface area contributed by atoms with Gasteiger partial charge < -0.3 is 10.5 Å². The summed E-state index contributed by atoms with van der Waals surface area (Å²) in [4.78, 5) is 10.7. The van der Waals surface area contributed by atoms with Crippen LogP contribution in [0.15, 0.2) is 0 Å². The monoisotopic (exact) mass is 199 g/mol. The summed E-state index contributed by atoms with van der Waals surface area (Å²) in [7, 11) is 0. The molecule has 0 saturated heterocycles. The molecule has 0 unspecified atom stereocenters. The minimum atomic E-state index is -0.630. The highest BCUT2D eigenvalue weighted by atomic mass is 16.6. The predicted molar refractivity (Wildman–Crippen MR) is 55.8 cm³/mol. The van der Waals surface area contributed by atoms with Gasteiger partial charge in [-0.2, -0.15) is 0 Å². The van der Waals surface area contributed by atoms with Crippen LogP contribution in [-0.2, 0) is 4.74 Å². The van der Waals surface area contributed by atoms with Crippen molar-refractivity contribution in [1.29, 1.82) is 0 Å². The Labute approximate surface area is 86.0 Å². The zero-order chi connectivity index (χ0) is 10.7. The molecule has 82 valence electrons. The Morgan fingerprint density at radius 3 is 2.57 bits per heavy atom. The molecule has 0 bridgehead atoms. The van der Waals surface area contributed by atoms with Gasteiger partial charge in [0.05, 0.1) is 0 Å². The minimum Gasteiger partial charge on any atom is -0.446 e. The molecule has 0 radical (unpaired) electrons. The molecule has 0 heterocycles. The normalized spacial score (nSPS) is 33.0. The van der Waals surface area contributed by atoms with Gasteiger partial charge in [-0.25, -0.2) is 4.79 Å². The number of carbonyl (C=O) groups is 1. The van der Waals surface area contributed by atoms with Crippen LogP contribution in [0.2, 0.25) is 0 Å². The number of ether oxygens (including phenoxy) is 1. The number of carbonyl (C=O) groups excluding carboxylic acids is 1. The van der Waals surface area contributed by atoms with Crippen molar-refractivity contribution in [1.82, 2.24) is 0 Å². The molecule has 0 spiro atoms. The molecule has 0 aromatic rings. The van der Waals surface area contributed by atoms with Gasteiger partial charge in [0.25, 0.3) is 0 Å². The fourth-order valence-corrected chi connectivity index (χ4v) is 2.40. The first kappa shape index (κ1) is 11.3. The summed E-state index contributed by atoms with van der Waals surface area (Å²) in [5.74, 6) is 1.69. The Hall–Kier alpha value is -0.730.